The van der Waals surface area contributed by atoms with Crippen LogP contribution in [0.2, 0.25) is 0 Å². The monoisotopic (exact) mass is 258 g/mol. The highest BCUT2D eigenvalue weighted by molar-refractivity contribution is 7.71. The Labute approximate surface area is 110 Å². The molecule has 1 aromatic heterocycles. The number of hydrogen-bond acceptors (Lipinski definition) is 2. The Kier molecular flexibility index (Phi) is 2.88. The van der Waals surface area contributed by atoms with E-state index in [1.807, 2.05) is 18.2 Å². The van der Waals surface area contributed by atoms with Crippen LogP contribution in [0.1, 0.15) is 23.2 Å². The number of nitrogens with zero attached hydrogens (tertiary/aromatic N) is 1. The van der Waals surface area contributed by atoms with E-state index in [-0.39, 0.29) is 5.56 Å². The molecule has 0 radical (unpaired) electrons. The van der Waals surface area contributed by atoms with Crippen LogP contribution in [0, 0.1) is 4.77 Å². The number of hydrogen-bond donors (Lipinski definition) is 1. The van der Waals surface area contributed by atoms with E-state index in [0.29, 0.717) is 4.77 Å². The number of nitrogens with one attached hydrogen (secondary N) is 1. The van der Waals surface area contributed by atoms with Gasteiger partial charge in [0.2, 0.25) is 0 Å². The number of aromatic amines is 1. The lowest BCUT2D eigenvalue weighted by atomic mass is 10.2. The molecule has 0 bridgehead atoms. The Morgan fingerprint density at radius 1 is 1.22 bits per heavy atom. The minimum absolute atomic E-state index is 0.00295. The highest BCUT2D eigenvalue weighted by Gasteiger charge is 2.18. The lowest BCUT2D eigenvalue weighted by Crippen LogP contribution is -2.20. The second-order valence-corrected chi connectivity index (χ2v) is 5.00. The zero-order chi connectivity index (χ0) is 12.5. The molecule has 2 aromatic rings. The molecule has 0 aliphatic heterocycles. The molecule has 1 aliphatic rings. The molecule has 0 fully saturated rings. The molecule has 3 nitrogen and oxygen atoms in total. The van der Waals surface area contributed by atoms with E-state index in [4.69, 9.17) is 12.2 Å². The second kappa shape index (κ2) is 4.53. The molecule has 0 amide bonds. The van der Waals surface area contributed by atoms with Gasteiger partial charge in [0.05, 0.1) is 0 Å². The molecular formula is C14H14N2OS. The Morgan fingerprint density at radius 2 is 2.00 bits per heavy atom. The Morgan fingerprint density at radius 3 is 2.78 bits per heavy atom. The summed E-state index contributed by atoms with van der Waals surface area (Å²) < 4.78 is 2.60. The largest absolute Gasteiger partial charge is 0.318 e. The van der Waals surface area contributed by atoms with Crippen LogP contribution in [-0.4, -0.2) is 9.55 Å². The maximum Gasteiger partial charge on any atom is 0.255 e. The van der Waals surface area contributed by atoms with E-state index >= 15 is 0 Å². The lowest BCUT2D eigenvalue weighted by molar-refractivity contribution is 0.697. The van der Waals surface area contributed by atoms with Gasteiger partial charge in [0, 0.05) is 17.8 Å². The van der Waals surface area contributed by atoms with E-state index in [0.717, 1.165) is 37.1 Å². The van der Waals surface area contributed by atoms with E-state index in [2.05, 4.69) is 21.7 Å². The summed E-state index contributed by atoms with van der Waals surface area (Å²) in [7, 11) is 0. The molecule has 1 aromatic carbocycles. The van der Waals surface area contributed by atoms with Gasteiger partial charge in [0.15, 0.2) is 4.77 Å². The van der Waals surface area contributed by atoms with Gasteiger partial charge in [0.1, 0.15) is 0 Å². The first-order valence-electron chi connectivity index (χ1n) is 6.14. The van der Waals surface area contributed by atoms with E-state index in [1.165, 1.54) is 5.56 Å². The predicted octanol–water partition coefficient (Wildman–Crippen LogP) is 2.44. The van der Waals surface area contributed by atoms with Crippen LogP contribution in [0.3, 0.4) is 0 Å². The van der Waals surface area contributed by atoms with E-state index in [9.17, 15) is 4.79 Å². The van der Waals surface area contributed by atoms with Crippen LogP contribution in [-0.2, 0) is 19.4 Å². The van der Waals surface area contributed by atoms with Gasteiger partial charge in [0.25, 0.3) is 5.56 Å². The van der Waals surface area contributed by atoms with Gasteiger partial charge in [-0.25, -0.2) is 0 Å². The molecule has 1 aliphatic carbocycles. The second-order valence-electron chi connectivity index (χ2n) is 4.61. The molecule has 0 spiro atoms. The summed E-state index contributed by atoms with van der Waals surface area (Å²) in [6, 6.07) is 10.2. The molecule has 18 heavy (non-hydrogen) atoms. The number of aromatic nitrogens is 2. The van der Waals surface area contributed by atoms with Crippen LogP contribution < -0.4 is 5.56 Å². The van der Waals surface area contributed by atoms with Crippen molar-refractivity contribution in [3.63, 3.8) is 0 Å². The first-order chi connectivity index (χ1) is 8.75. The highest BCUT2D eigenvalue weighted by Crippen LogP contribution is 2.19. The van der Waals surface area contributed by atoms with Gasteiger partial charge < -0.3 is 4.57 Å². The summed E-state index contributed by atoms with van der Waals surface area (Å²) in [5, 5.41) is 0. The Bertz CT molecular complexity index is 685. The van der Waals surface area contributed by atoms with Gasteiger partial charge in [-0.2, -0.15) is 0 Å². The average molecular weight is 258 g/mol. The SMILES string of the molecule is O=c1[nH]c(=S)n(Cc2ccccc2)c2c1CCC2. The van der Waals surface area contributed by atoms with Gasteiger partial charge >= 0.3 is 0 Å². The average Bonchev–Trinajstić information content (AvgIpc) is 2.85. The van der Waals surface area contributed by atoms with Gasteiger partial charge in [-0.15, -0.1) is 0 Å². The fourth-order valence-electron chi connectivity index (χ4n) is 2.57. The summed E-state index contributed by atoms with van der Waals surface area (Å²) in [5.41, 5.74) is 3.23. The minimum Gasteiger partial charge on any atom is -0.318 e. The maximum atomic E-state index is 11.8. The summed E-state index contributed by atoms with van der Waals surface area (Å²) in [5.74, 6) is 0. The number of benzene rings is 1. The number of H-pyrrole nitrogens is 1. The zero-order valence-corrected chi connectivity index (χ0v) is 10.8. The van der Waals surface area contributed by atoms with Crippen molar-refractivity contribution in [1.29, 1.82) is 0 Å². The number of rotatable bonds is 2. The van der Waals surface area contributed by atoms with Gasteiger partial charge in [-0.1, -0.05) is 30.3 Å². The van der Waals surface area contributed by atoms with Gasteiger partial charge in [-0.05, 0) is 37.0 Å². The van der Waals surface area contributed by atoms with Gasteiger partial charge in [-0.3, -0.25) is 9.78 Å². The van der Waals surface area contributed by atoms with Crippen molar-refractivity contribution in [2.24, 2.45) is 0 Å². The quantitative estimate of drug-likeness (QED) is 0.840. The third kappa shape index (κ3) is 1.93. The summed E-state index contributed by atoms with van der Waals surface area (Å²) in [4.78, 5) is 14.6. The molecule has 0 atom stereocenters. The molecule has 0 saturated carbocycles. The Balaban J connectivity index is 2.11. The van der Waals surface area contributed by atoms with Crippen molar-refractivity contribution in [2.45, 2.75) is 25.8 Å². The third-order valence-electron chi connectivity index (χ3n) is 3.44. The van der Waals surface area contributed by atoms with Crippen LogP contribution in [0.25, 0.3) is 0 Å². The molecule has 1 heterocycles. The normalized spacial score (nSPS) is 13.6. The molecule has 1 N–H and O–H groups in total. The van der Waals surface area contributed by atoms with Crippen LogP contribution >= 0.6 is 12.2 Å². The molecule has 3 rings (SSSR count). The molecule has 4 heteroatoms. The molecular weight excluding hydrogens is 244 g/mol. The summed E-state index contributed by atoms with van der Waals surface area (Å²) in [6.07, 6.45) is 2.87. The summed E-state index contributed by atoms with van der Waals surface area (Å²) >= 11 is 5.29. The molecule has 0 saturated heterocycles. The minimum atomic E-state index is -0.00295. The molecule has 92 valence electrons. The fraction of sp³-hybridized carbons (Fsp3) is 0.286. The smallest absolute Gasteiger partial charge is 0.255 e. The van der Waals surface area contributed by atoms with Crippen LogP contribution in [0.15, 0.2) is 35.1 Å². The fourth-order valence-corrected chi connectivity index (χ4v) is 2.83. The van der Waals surface area contributed by atoms with Crippen molar-refractivity contribution < 1.29 is 0 Å². The van der Waals surface area contributed by atoms with E-state index in [1.54, 1.807) is 0 Å². The van der Waals surface area contributed by atoms with Crippen molar-refractivity contribution in [3.8, 4) is 0 Å². The Hall–Kier alpha value is -1.68. The maximum absolute atomic E-state index is 11.8. The number of fused-ring (bicyclic) bond motifs is 1. The summed E-state index contributed by atoms with van der Waals surface area (Å²) in [6.45, 7) is 0.735. The topological polar surface area (TPSA) is 37.8 Å². The van der Waals surface area contributed by atoms with Crippen LogP contribution in [0.4, 0.5) is 0 Å². The van der Waals surface area contributed by atoms with Crippen molar-refractivity contribution in [2.75, 3.05) is 0 Å². The van der Waals surface area contributed by atoms with E-state index < -0.39 is 0 Å². The lowest BCUT2D eigenvalue weighted by Gasteiger charge is -2.12. The zero-order valence-electron chi connectivity index (χ0n) is 9.98. The van der Waals surface area contributed by atoms with Crippen LogP contribution in [0.5, 0.6) is 0 Å². The first kappa shape index (κ1) is 11.4. The third-order valence-corrected chi connectivity index (χ3v) is 3.76. The highest BCUT2D eigenvalue weighted by atomic mass is 32.1. The van der Waals surface area contributed by atoms with Crippen molar-refractivity contribution in [1.82, 2.24) is 9.55 Å². The standard InChI is InChI=1S/C14H14N2OS/c17-13-11-7-4-8-12(11)16(14(18)15-13)9-10-5-2-1-3-6-10/h1-3,5-6H,4,7-9H2,(H,15,17,18). The predicted molar refractivity (Wildman–Crippen MR) is 73.5 cm³/mol. The molecule has 0 unspecified atom stereocenters. The van der Waals surface area contributed by atoms with Crippen molar-refractivity contribution in [3.05, 3.63) is 62.3 Å². The first-order valence-corrected chi connectivity index (χ1v) is 6.55. The van der Waals surface area contributed by atoms with Crippen molar-refractivity contribution >= 4 is 12.2 Å².